The van der Waals surface area contributed by atoms with Crippen molar-refractivity contribution in [3.63, 3.8) is 0 Å². The Morgan fingerprint density at radius 3 is 2.67 bits per heavy atom. The summed E-state index contributed by atoms with van der Waals surface area (Å²) in [5.41, 5.74) is 6.26. The smallest absolute Gasteiger partial charge is 0.217 e. The molecule has 0 amide bonds. The van der Waals surface area contributed by atoms with Gasteiger partial charge in [-0.1, -0.05) is 12.1 Å². The normalized spacial score (nSPS) is 17.0. The molecule has 0 aromatic heterocycles. The molecule has 0 aliphatic carbocycles. The number of nitrogens with two attached hydrogens (primary N) is 1. The maximum atomic E-state index is 12.3. The maximum Gasteiger partial charge on any atom is 0.217 e. The molecule has 6 nitrogen and oxygen atoms in total. The third-order valence-electron chi connectivity index (χ3n) is 3.66. The maximum absolute atomic E-state index is 12.3. The van der Waals surface area contributed by atoms with Crippen LogP contribution in [-0.2, 0) is 14.8 Å². The molecule has 1 heterocycles. The molecule has 7 heteroatoms. The van der Waals surface area contributed by atoms with Crippen LogP contribution in [0.4, 0.5) is 5.69 Å². The van der Waals surface area contributed by atoms with Crippen molar-refractivity contribution in [3.05, 3.63) is 24.3 Å². The predicted molar refractivity (Wildman–Crippen MR) is 81.7 cm³/mol. The van der Waals surface area contributed by atoms with E-state index in [1.165, 1.54) is 4.31 Å². The Labute approximate surface area is 125 Å². The molecule has 1 aromatic carbocycles. The Bertz CT molecular complexity index is 556. The lowest BCUT2D eigenvalue weighted by Crippen LogP contribution is -2.42. The SMILES string of the molecule is CN(C1CCOCC1)S(=O)(=O)CCOc1ccccc1N. The summed E-state index contributed by atoms with van der Waals surface area (Å²) >= 11 is 0. The van der Waals surface area contributed by atoms with Crippen molar-refractivity contribution >= 4 is 15.7 Å². The molecule has 1 saturated heterocycles. The van der Waals surface area contributed by atoms with Crippen LogP contribution in [0.5, 0.6) is 5.75 Å². The molecule has 0 unspecified atom stereocenters. The van der Waals surface area contributed by atoms with Gasteiger partial charge in [0.25, 0.3) is 0 Å². The van der Waals surface area contributed by atoms with Crippen molar-refractivity contribution in [2.45, 2.75) is 18.9 Å². The van der Waals surface area contributed by atoms with Crippen LogP contribution < -0.4 is 10.5 Å². The van der Waals surface area contributed by atoms with Crippen molar-refractivity contribution in [2.75, 3.05) is 38.4 Å². The van der Waals surface area contributed by atoms with Gasteiger partial charge in [0.15, 0.2) is 0 Å². The molecular formula is C14H22N2O4S. The van der Waals surface area contributed by atoms with Gasteiger partial charge in [0, 0.05) is 26.3 Å². The summed E-state index contributed by atoms with van der Waals surface area (Å²) < 4.78 is 36.7. The van der Waals surface area contributed by atoms with Crippen LogP contribution in [0.3, 0.4) is 0 Å². The molecule has 0 atom stereocenters. The fourth-order valence-corrected chi connectivity index (χ4v) is 3.54. The summed E-state index contributed by atoms with van der Waals surface area (Å²) in [6.45, 7) is 1.31. The van der Waals surface area contributed by atoms with Gasteiger partial charge in [-0.15, -0.1) is 0 Å². The largest absolute Gasteiger partial charge is 0.490 e. The topological polar surface area (TPSA) is 81.9 Å². The highest BCUT2D eigenvalue weighted by molar-refractivity contribution is 7.89. The lowest BCUT2D eigenvalue weighted by Gasteiger charge is -2.30. The Hall–Kier alpha value is -1.31. The summed E-state index contributed by atoms with van der Waals surface area (Å²) in [4.78, 5) is 0. The van der Waals surface area contributed by atoms with E-state index < -0.39 is 10.0 Å². The third-order valence-corrected chi connectivity index (χ3v) is 5.52. The first-order valence-corrected chi connectivity index (χ1v) is 8.62. The molecule has 0 radical (unpaired) electrons. The minimum atomic E-state index is -3.33. The highest BCUT2D eigenvalue weighted by atomic mass is 32.2. The third kappa shape index (κ3) is 4.33. The molecule has 0 bridgehead atoms. The molecule has 2 N–H and O–H groups in total. The highest BCUT2D eigenvalue weighted by Gasteiger charge is 2.27. The van der Waals surface area contributed by atoms with Gasteiger partial charge in [-0.3, -0.25) is 0 Å². The van der Waals surface area contributed by atoms with Crippen molar-refractivity contribution in [3.8, 4) is 5.75 Å². The number of hydrogen-bond acceptors (Lipinski definition) is 5. The van der Waals surface area contributed by atoms with Crippen LogP contribution in [-0.4, -0.2) is 51.4 Å². The lowest BCUT2D eigenvalue weighted by atomic mass is 10.1. The van der Waals surface area contributed by atoms with Crippen LogP contribution in [0, 0.1) is 0 Å². The zero-order valence-corrected chi connectivity index (χ0v) is 13.0. The Kier molecular flexibility index (Phi) is 5.44. The van der Waals surface area contributed by atoms with Gasteiger partial charge in [-0.2, -0.15) is 0 Å². The first-order chi connectivity index (χ1) is 10.0. The van der Waals surface area contributed by atoms with Crippen LogP contribution in [0.25, 0.3) is 0 Å². The van der Waals surface area contributed by atoms with E-state index in [0.29, 0.717) is 24.7 Å². The molecule has 21 heavy (non-hydrogen) atoms. The fourth-order valence-electron chi connectivity index (χ4n) is 2.29. The van der Waals surface area contributed by atoms with Gasteiger partial charge >= 0.3 is 0 Å². The molecule has 1 aliphatic heterocycles. The van der Waals surface area contributed by atoms with E-state index in [2.05, 4.69) is 0 Å². The average Bonchev–Trinajstić information content (AvgIpc) is 2.49. The van der Waals surface area contributed by atoms with Gasteiger partial charge in [0.2, 0.25) is 10.0 Å². The van der Waals surface area contributed by atoms with Gasteiger partial charge in [0.1, 0.15) is 12.4 Å². The molecule has 0 saturated carbocycles. The van der Waals surface area contributed by atoms with Crippen LogP contribution >= 0.6 is 0 Å². The number of hydrogen-bond donors (Lipinski definition) is 1. The van der Waals surface area contributed by atoms with Gasteiger partial charge in [-0.25, -0.2) is 12.7 Å². The quantitative estimate of drug-likeness (QED) is 0.795. The molecular weight excluding hydrogens is 292 g/mol. The van der Waals surface area contributed by atoms with E-state index in [4.69, 9.17) is 15.2 Å². The van der Waals surface area contributed by atoms with Gasteiger partial charge in [0.05, 0.1) is 11.4 Å². The Morgan fingerprint density at radius 1 is 1.33 bits per heavy atom. The van der Waals surface area contributed by atoms with E-state index in [1.54, 1.807) is 31.3 Å². The summed E-state index contributed by atoms with van der Waals surface area (Å²) in [6, 6.07) is 7.07. The Balaban J connectivity index is 1.87. The average molecular weight is 314 g/mol. The van der Waals surface area contributed by atoms with Crippen LogP contribution in [0.2, 0.25) is 0 Å². The van der Waals surface area contributed by atoms with Crippen molar-refractivity contribution in [1.82, 2.24) is 4.31 Å². The Morgan fingerprint density at radius 2 is 2.00 bits per heavy atom. The number of benzene rings is 1. The number of ether oxygens (including phenoxy) is 2. The van der Waals surface area contributed by atoms with E-state index in [1.807, 2.05) is 0 Å². The number of sulfonamides is 1. The summed E-state index contributed by atoms with van der Waals surface area (Å²) in [5.74, 6) is 0.455. The first kappa shape index (κ1) is 16.1. The summed E-state index contributed by atoms with van der Waals surface area (Å²) in [6.07, 6.45) is 1.48. The number of nitrogen functional groups attached to an aromatic ring is 1. The molecule has 1 fully saturated rings. The number of para-hydroxylation sites is 2. The summed E-state index contributed by atoms with van der Waals surface area (Å²) in [5, 5.41) is 0. The zero-order valence-electron chi connectivity index (χ0n) is 12.2. The molecule has 118 valence electrons. The van der Waals surface area contributed by atoms with Crippen molar-refractivity contribution in [2.24, 2.45) is 0 Å². The van der Waals surface area contributed by atoms with E-state index in [0.717, 1.165) is 12.8 Å². The van der Waals surface area contributed by atoms with Crippen molar-refractivity contribution in [1.29, 1.82) is 0 Å². The molecule has 1 aromatic rings. The fraction of sp³-hybridized carbons (Fsp3) is 0.571. The second-order valence-electron chi connectivity index (χ2n) is 5.06. The standard InChI is InChI=1S/C14H22N2O4S/c1-16(12-6-8-19-9-7-12)21(17,18)11-10-20-14-5-3-2-4-13(14)15/h2-5,12H,6-11,15H2,1H3. The lowest BCUT2D eigenvalue weighted by molar-refractivity contribution is 0.0631. The van der Waals surface area contributed by atoms with Crippen LogP contribution in [0.1, 0.15) is 12.8 Å². The van der Waals surface area contributed by atoms with Gasteiger partial charge in [-0.05, 0) is 25.0 Å². The molecule has 1 aliphatic rings. The van der Waals surface area contributed by atoms with E-state index in [-0.39, 0.29) is 18.4 Å². The second kappa shape index (κ2) is 7.11. The predicted octanol–water partition coefficient (Wildman–Crippen LogP) is 1.09. The second-order valence-corrected chi connectivity index (χ2v) is 7.21. The minimum absolute atomic E-state index is 0.0190. The number of nitrogens with zero attached hydrogens (tertiary/aromatic N) is 1. The summed E-state index contributed by atoms with van der Waals surface area (Å²) in [7, 11) is -1.70. The minimum Gasteiger partial charge on any atom is -0.490 e. The van der Waals surface area contributed by atoms with Crippen molar-refractivity contribution < 1.29 is 17.9 Å². The molecule has 0 spiro atoms. The first-order valence-electron chi connectivity index (χ1n) is 7.01. The number of anilines is 1. The highest BCUT2D eigenvalue weighted by Crippen LogP contribution is 2.20. The monoisotopic (exact) mass is 314 g/mol. The van der Waals surface area contributed by atoms with Crippen LogP contribution in [0.15, 0.2) is 24.3 Å². The molecule has 2 rings (SSSR count). The number of rotatable bonds is 6. The van der Waals surface area contributed by atoms with E-state index >= 15 is 0 Å². The van der Waals surface area contributed by atoms with E-state index in [9.17, 15) is 8.42 Å². The van der Waals surface area contributed by atoms with Gasteiger partial charge < -0.3 is 15.2 Å². The zero-order chi connectivity index (χ0) is 15.3.